The van der Waals surface area contributed by atoms with Crippen molar-refractivity contribution in [3.8, 4) is 0 Å². The van der Waals surface area contributed by atoms with Crippen LogP contribution < -0.4 is 5.73 Å². The minimum Gasteiger partial charge on any atom is -0.361 e. The molecule has 4 rings (SSSR count). The molecular weight excluding hydrogens is 270 g/mol. The van der Waals surface area contributed by atoms with E-state index in [2.05, 4.69) is 47.3 Å². The van der Waals surface area contributed by atoms with Gasteiger partial charge in [-0.2, -0.15) is 0 Å². The molecule has 2 heterocycles. The number of aryl methyl sites for hydroxylation is 1. The van der Waals surface area contributed by atoms with Gasteiger partial charge in [0, 0.05) is 42.3 Å². The van der Waals surface area contributed by atoms with Crippen molar-refractivity contribution < 1.29 is 0 Å². The van der Waals surface area contributed by atoms with Crippen molar-refractivity contribution in [3.05, 3.63) is 36.0 Å². The van der Waals surface area contributed by atoms with Crippen molar-refractivity contribution in [3.63, 3.8) is 0 Å². The van der Waals surface area contributed by atoms with Crippen LogP contribution >= 0.6 is 0 Å². The summed E-state index contributed by atoms with van der Waals surface area (Å²) in [7, 11) is 0. The van der Waals surface area contributed by atoms with Crippen LogP contribution in [0.15, 0.2) is 30.5 Å². The number of fused-ring (bicyclic) bond motifs is 3. The van der Waals surface area contributed by atoms with E-state index in [0.29, 0.717) is 12.1 Å². The van der Waals surface area contributed by atoms with Gasteiger partial charge < -0.3 is 10.7 Å². The molecule has 0 amide bonds. The van der Waals surface area contributed by atoms with Gasteiger partial charge in [0.05, 0.1) is 0 Å². The lowest BCUT2D eigenvalue weighted by Gasteiger charge is -2.39. The highest BCUT2D eigenvalue weighted by molar-refractivity contribution is 5.82. The van der Waals surface area contributed by atoms with Gasteiger partial charge in [-0.25, -0.2) is 0 Å². The molecular formula is C19H27N3. The van der Waals surface area contributed by atoms with Gasteiger partial charge in [0.15, 0.2) is 0 Å². The molecule has 2 bridgehead atoms. The molecule has 3 nitrogen and oxygen atoms in total. The van der Waals surface area contributed by atoms with E-state index in [0.717, 1.165) is 18.3 Å². The summed E-state index contributed by atoms with van der Waals surface area (Å²) >= 11 is 0. The predicted octanol–water partition coefficient (Wildman–Crippen LogP) is 3.16. The average Bonchev–Trinajstić information content (AvgIpc) is 3.01. The molecule has 1 aromatic carbocycles. The summed E-state index contributed by atoms with van der Waals surface area (Å²) < 4.78 is 0. The molecule has 0 radical (unpaired) electrons. The zero-order chi connectivity index (χ0) is 15.1. The molecule has 1 aliphatic carbocycles. The molecule has 1 aliphatic heterocycles. The Labute approximate surface area is 132 Å². The lowest BCUT2D eigenvalue weighted by molar-refractivity contribution is 0.105. The van der Waals surface area contributed by atoms with Crippen molar-refractivity contribution in [2.45, 2.75) is 44.7 Å². The second-order valence-electron chi connectivity index (χ2n) is 7.38. The third-order valence-electron chi connectivity index (χ3n) is 6.06. The molecule has 1 aromatic heterocycles. The first kappa shape index (κ1) is 14.3. The summed E-state index contributed by atoms with van der Waals surface area (Å²) in [6.07, 6.45) is 7.27. The Bertz CT molecular complexity index is 633. The van der Waals surface area contributed by atoms with E-state index in [1.54, 1.807) is 0 Å². The highest BCUT2D eigenvalue weighted by atomic mass is 15.2. The van der Waals surface area contributed by atoms with Crippen LogP contribution in [-0.2, 0) is 6.42 Å². The molecule has 22 heavy (non-hydrogen) atoms. The number of nitrogens with zero attached hydrogens (tertiary/aromatic N) is 1. The maximum Gasteiger partial charge on any atom is 0.0456 e. The molecule has 1 saturated heterocycles. The van der Waals surface area contributed by atoms with Crippen LogP contribution in [0.25, 0.3) is 10.9 Å². The fourth-order valence-corrected chi connectivity index (χ4v) is 4.55. The molecule has 118 valence electrons. The van der Waals surface area contributed by atoms with Crippen molar-refractivity contribution >= 4 is 10.9 Å². The highest BCUT2D eigenvalue weighted by Gasteiger charge is 2.40. The third kappa shape index (κ3) is 2.46. The van der Waals surface area contributed by atoms with Crippen LogP contribution in [-0.4, -0.2) is 35.1 Å². The fourth-order valence-electron chi connectivity index (χ4n) is 4.55. The number of nitrogens with two attached hydrogens (primary N) is 1. The van der Waals surface area contributed by atoms with Gasteiger partial charge in [-0.15, -0.1) is 0 Å². The Kier molecular flexibility index (Phi) is 3.71. The molecule has 2 fully saturated rings. The second kappa shape index (κ2) is 5.71. The summed E-state index contributed by atoms with van der Waals surface area (Å²) in [5.74, 6) is 1.49. The van der Waals surface area contributed by atoms with Crippen LogP contribution in [0.3, 0.4) is 0 Å². The van der Waals surface area contributed by atoms with Gasteiger partial charge in [0.2, 0.25) is 0 Å². The fraction of sp³-hybridized carbons (Fsp3) is 0.579. The normalized spacial score (nSPS) is 30.0. The maximum absolute atomic E-state index is 6.33. The highest BCUT2D eigenvalue weighted by Crippen LogP contribution is 2.36. The Morgan fingerprint density at radius 2 is 1.95 bits per heavy atom. The van der Waals surface area contributed by atoms with E-state index in [1.807, 2.05) is 0 Å². The number of aromatic nitrogens is 1. The van der Waals surface area contributed by atoms with Crippen LogP contribution in [0.1, 0.15) is 31.7 Å². The first-order valence-electron chi connectivity index (χ1n) is 8.77. The van der Waals surface area contributed by atoms with Gasteiger partial charge in [-0.1, -0.05) is 18.2 Å². The number of hydrogen-bond donors (Lipinski definition) is 2. The average molecular weight is 297 g/mol. The van der Waals surface area contributed by atoms with Crippen molar-refractivity contribution in [1.82, 2.24) is 9.88 Å². The number of benzene rings is 1. The summed E-state index contributed by atoms with van der Waals surface area (Å²) in [5, 5.41) is 1.38. The lowest BCUT2D eigenvalue weighted by atomic mass is 9.91. The quantitative estimate of drug-likeness (QED) is 0.910. The summed E-state index contributed by atoms with van der Waals surface area (Å²) in [6, 6.07) is 9.74. The standard InChI is InChI=1S/C19H27N3/c1-13(22-11-15-8-9-16(12-22)19(15)20)6-7-14-10-21-18-5-3-2-4-17(14)18/h2-5,10,13,15-16,19,21H,6-9,11-12,20H2,1H3/t13?,15-,16+,19?. The number of rotatable bonds is 4. The smallest absolute Gasteiger partial charge is 0.0456 e. The van der Waals surface area contributed by atoms with Crippen molar-refractivity contribution in [2.24, 2.45) is 17.6 Å². The SMILES string of the molecule is CC(CCc1c[nH]c2ccccc12)N1C[C@H]2CC[C@@H](C1)C2N. The van der Waals surface area contributed by atoms with E-state index >= 15 is 0 Å². The number of H-pyrrole nitrogens is 1. The van der Waals surface area contributed by atoms with Gasteiger partial charge in [0.1, 0.15) is 0 Å². The van der Waals surface area contributed by atoms with Crippen LogP contribution in [0.4, 0.5) is 0 Å². The van der Waals surface area contributed by atoms with E-state index < -0.39 is 0 Å². The van der Waals surface area contributed by atoms with E-state index in [4.69, 9.17) is 5.73 Å². The van der Waals surface area contributed by atoms with E-state index in [1.165, 1.54) is 48.8 Å². The topological polar surface area (TPSA) is 45.0 Å². The van der Waals surface area contributed by atoms with Gasteiger partial charge in [-0.05, 0) is 56.1 Å². The summed E-state index contributed by atoms with van der Waals surface area (Å²) in [4.78, 5) is 6.09. The van der Waals surface area contributed by atoms with Crippen LogP contribution in [0.2, 0.25) is 0 Å². The molecule has 2 aliphatic rings. The Morgan fingerprint density at radius 3 is 2.73 bits per heavy atom. The first-order valence-corrected chi connectivity index (χ1v) is 8.77. The largest absolute Gasteiger partial charge is 0.361 e. The maximum atomic E-state index is 6.33. The molecule has 1 saturated carbocycles. The summed E-state index contributed by atoms with van der Waals surface area (Å²) in [5.41, 5.74) is 9.04. The van der Waals surface area contributed by atoms with E-state index in [-0.39, 0.29) is 0 Å². The van der Waals surface area contributed by atoms with Crippen LogP contribution in [0, 0.1) is 11.8 Å². The molecule has 4 atom stereocenters. The predicted molar refractivity (Wildman–Crippen MR) is 91.8 cm³/mol. The molecule has 0 spiro atoms. The van der Waals surface area contributed by atoms with Gasteiger partial charge in [-0.3, -0.25) is 4.90 Å². The molecule has 2 unspecified atom stereocenters. The monoisotopic (exact) mass is 297 g/mol. The first-order chi connectivity index (χ1) is 10.7. The Balaban J connectivity index is 1.39. The lowest BCUT2D eigenvalue weighted by Crippen LogP contribution is -2.51. The molecule has 2 aromatic rings. The summed E-state index contributed by atoms with van der Waals surface area (Å²) in [6.45, 7) is 4.82. The number of para-hydroxylation sites is 1. The zero-order valence-electron chi connectivity index (χ0n) is 13.5. The van der Waals surface area contributed by atoms with Crippen molar-refractivity contribution in [2.75, 3.05) is 13.1 Å². The van der Waals surface area contributed by atoms with Crippen molar-refractivity contribution in [1.29, 1.82) is 0 Å². The number of hydrogen-bond acceptors (Lipinski definition) is 2. The Morgan fingerprint density at radius 1 is 1.23 bits per heavy atom. The number of nitrogens with one attached hydrogen (secondary N) is 1. The number of piperidine rings is 1. The minimum atomic E-state index is 0.470. The second-order valence-corrected chi connectivity index (χ2v) is 7.38. The zero-order valence-corrected chi connectivity index (χ0v) is 13.5. The third-order valence-corrected chi connectivity index (χ3v) is 6.06. The molecule has 3 N–H and O–H groups in total. The van der Waals surface area contributed by atoms with Gasteiger partial charge in [0.25, 0.3) is 0 Å². The molecule has 3 heteroatoms. The minimum absolute atomic E-state index is 0.470. The van der Waals surface area contributed by atoms with E-state index in [9.17, 15) is 0 Å². The van der Waals surface area contributed by atoms with Gasteiger partial charge >= 0.3 is 0 Å². The Hall–Kier alpha value is -1.32. The number of likely N-dealkylation sites (tertiary alicyclic amines) is 1. The number of aromatic amines is 1. The van der Waals surface area contributed by atoms with Crippen LogP contribution in [0.5, 0.6) is 0 Å².